The molecule has 8 heteroatoms. The van der Waals surface area contributed by atoms with Crippen LogP contribution in [0.4, 0.5) is 17.1 Å². The number of piperidine rings is 1. The van der Waals surface area contributed by atoms with Crippen molar-refractivity contribution in [1.29, 1.82) is 0 Å². The number of fused-ring (bicyclic) bond motifs is 1. The molecule has 0 aromatic heterocycles. The Hall–Kier alpha value is -1.77. The quantitative estimate of drug-likeness (QED) is 0.455. The number of phenolic OH excluding ortho intramolecular Hbond substituents is 1. The number of phenols is 1. The van der Waals surface area contributed by atoms with E-state index in [1.54, 1.807) is 18.2 Å². The minimum absolute atomic E-state index is 0.149. The lowest BCUT2D eigenvalue weighted by atomic mass is 9.53. The predicted octanol–water partition coefficient (Wildman–Crippen LogP) is 4.62. The lowest BCUT2D eigenvalue weighted by Crippen LogP contribution is -2.59. The highest BCUT2D eigenvalue weighted by Crippen LogP contribution is 2.57. The highest BCUT2D eigenvalue weighted by molar-refractivity contribution is 9.10. The molecule has 1 saturated carbocycles. The van der Waals surface area contributed by atoms with Crippen LogP contribution in [-0.4, -0.2) is 32.4 Å². The molecule has 5 rings (SSSR count). The molecule has 1 aliphatic heterocycles. The number of hydrogen-bond acceptors (Lipinski definition) is 5. The molecule has 3 atom stereocenters. The first-order valence-electron chi connectivity index (χ1n) is 10.9. The Morgan fingerprint density at radius 1 is 1.19 bits per heavy atom. The fraction of sp³-hybridized carbons (Fsp3) is 0.478. The first-order valence-corrected chi connectivity index (χ1v) is 13.6. The van der Waals surface area contributed by atoms with Crippen LogP contribution in [0.1, 0.15) is 43.2 Å². The monoisotopic (exact) mass is 505 g/mol. The molecule has 2 aromatic carbocycles. The smallest absolute Gasteiger partial charge is 0.229 e. The summed E-state index contributed by atoms with van der Waals surface area (Å²) >= 11 is 3.79. The van der Waals surface area contributed by atoms with E-state index in [4.69, 9.17) is 0 Å². The summed E-state index contributed by atoms with van der Waals surface area (Å²) in [5.41, 5.74) is 4.31. The maximum atomic E-state index is 11.8. The van der Waals surface area contributed by atoms with Gasteiger partial charge in [-0.05, 0) is 83.4 Å². The van der Waals surface area contributed by atoms with Crippen molar-refractivity contribution in [2.75, 3.05) is 22.8 Å². The van der Waals surface area contributed by atoms with Crippen molar-refractivity contribution in [3.63, 3.8) is 0 Å². The van der Waals surface area contributed by atoms with Gasteiger partial charge in [0.25, 0.3) is 0 Å². The van der Waals surface area contributed by atoms with Gasteiger partial charge >= 0.3 is 0 Å². The van der Waals surface area contributed by atoms with Crippen molar-refractivity contribution in [2.24, 2.45) is 5.92 Å². The molecule has 0 radical (unpaired) electrons. The van der Waals surface area contributed by atoms with Gasteiger partial charge in [-0.1, -0.05) is 25.0 Å². The Morgan fingerprint density at radius 2 is 1.97 bits per heavy atom. The number of benzene rings is 2. The summed E-state index contributed by atoms with van der Waals surface area (Å²) in [4.78, 5) is 0. The van der Waals surface area contributed by atoms with Gasteiger partial charge in [0.1, 0.15) is 5.75 Å². The molecular formula is C23H28BrN3O3S. The van der Waals surface area contributed by atoms with E-state index in [9.17, 15) is 13.5 Å². The van der Waals surface area contributed by atoms with Gasteiger partial charge in [0.05, 0.1) is 23.3 Å². The topological polar surface area (TPSA) is 90.5 Å². The third kappa shape index (κ3) is 3.62. The molecule has 0 unspecified atom stereocenters. The van der Waals surface area contributed by atoms with Crippen LogP contribution < -0.4 is 15.4 Å². The second-order valence-electron chi connectivity index (χ2n) is 9.18. The van der Waals surface area contributed by atoms with Crippen molar-refractivity contribution in [3.05, 3.63) is 45.9 Å². The fourth-order valence-electron chi connectivity index (χ4n) is 6.15. The zero-order valence-corrected chi connectivity index (χ0v) is 19.9. The van der Waals surface area contributed by atoms with E-state index < -0.39 is 10.0 Å². The Kier molecular flexibility index (Phi) is 5.22. The normalized spacial score (nSPS) is 27.2. The molecule has 0 amide bonds. The van der Waals surface area contributed by atoms with E-state index in [1.165, 1.54) is 36.8 Å². The number of hydrogen-bond donors (Lipinski definition) is 4. The molecule has 3 aliphatic rings. The molecule has 1 heterocycles. The summed E-state index contributed by atoms with van der Waals surface area (Å²) in [7, 11) is -3.42. The second kappa shape index (κ2) is 7.67. The molecule has 6 nitrogen and oxygen atoms in total. The third-order valence-electron chi connectivity index (χ3n) is 7.35. The van der Waals surface area contributed by atoms with E-state index >= 15 is 0 Å². The van der Waals surface area contributed by atoms with Crippen LogP contribution in [0, 0.1) is 5.92 Å². The number of nitrogens with one attached hydrogen (secondary N) is 3. The summed E-state index contributed by atoms with van der Waals surface area (Å²) in [6.45, 7) is 1.03. The molecule has 2 fully saturated rings. The number of sulfonamides is 1. The molecule has 166 valence electrons. The van der Waals surface area contributed by atoms with E-state index in [1.807, 2.05) is 12.1 Å². The lowest BCUT2D eigenvalue weighted by molar-refractivity contribution is 0.0793. The van der Waals surface area contributed by atoms with Gasteiger partial charge in [-0.15, -0.1) is 0 Å². The summed E-state index contributed by atoms with van der Waals surface area (Å²) in [6.07, 6.45) is 8.13. The van der Waals surface area contributed by atoms with E-state index in [0.29, 0.717) is 29.0 Å². The average Bonchev–Trinajstić information content (AvgIpc) is 2.72. The standard InChI is InChI=1S/C23H28BrN3O3S/c1-31(29,30)27-18-8-3-2-7-17(18)26-22-20(28)13-16-14(21(22)24)12-19-15-6-4-5-9-23(15,16)10-11-25-19/h2-3,7-8,13,15,19,25-28H,4-6,9-12H2,1H3/t15-,19+,23+/m1/s1. The fourth-order valence-corrected chi connectivity index (χ4v) is 7.40. The number of rotatable bonds is 4. The van der Waals surface area contributed by atoms with Crippen molar-refractivity contribution in [2.45, 2.75) is 50.0 Å². The molecule has 2 bridgehead atoms. The van der Waals surface area contributed by atoms with Gasteiger partial charge in [-0.2, -0.15) is 0 Å². The van der Waals surface area contributed by atoms with Gasteiger partial charge in [-0.3, -0.25) is 4.72 Å². The maximum Gasteiger partial charge on any atom is 0.229 e. The molecule has 0 spiro atoms. The van der Waals surface area contributed by atoms with Crippen LogP contribution in [0.25, 0.3) is 0 Å². The van der Waals surface area contributed by atoms with Gasteiger partial charge in [-0.25, -0.2) is 8.42 Å². The molecule has 31 heavy (non-hydrogen) atoms. The highest BCUT2D eigenvalue weighted by Gasteiger charge is 2.52. The molecular weight excluding hydrogens is 478 g/mol. The van der Waals surface area contributed by atoms with Crippen LogP contribution in [0.5, 0.6) is 5.75 Å². The van der Waals surface area contributed by atoms with E-state index in [-0.39, 0.29) is 11.2 Å². The van der Waals surface area contributed by atoms with Gasteiger partial charge in [0, 0.05) is 15.9 Å². The van der Waals surface area contributed by atoms with Crippen molar-refractivity contribution in [3.8, 4) is 5.75 Å². The molecule has 4 N–H and O–H groups in total. The first kappa shape index (κ1) is 21.1. The summed E-state index contributed by atoms with van der Waals surface area (Å²) in [5.74, 6) is 0.822. The van der Waals surface area contributed by atoms with Gasteiger partial charge in [0.2, 0.25) is 10.0 Å². The van der Waals surface area contributed by atoms with Crippen LogP contribution in [0.15, 0.2) is 34.8 Å². The number of halogens is 1. The Labute approximate surface area is 192 Å². The van der Waals surface area contributed by atoms with Crippen molar-refractivity contribution in [1.82, 2.24) is 5.32 Å². The van der Waals surface area contributed by atoms with E-state index in [0.717, 1.165) is 30.1 Å². The highest BCUT2D eigenvalue weighted by atomic mass is 79.9. The van der Waals surface area contributed by atoms with Crippen LogP contribution in [-0.2, 0) is 21.9 Å². The maximum absolute atomic E-state index is 11.8. The second-order valence-corrected chi connectivity index (χ2v) is 11.7. The zero-order chi connectivity index (χ0) is 21.8. The number of anilines is 3. The van der Waals surface area contributed by atoms with Crippen molar-refractivity contribution >= 4 is 43.0 Å². The van der Waals surface area contributed by atoms with Gasteiger partial charge in [0.15, 0.2) is 0 Å². The van der Waals surface area contributed by atoms with Crippen LogP contribution in [0.2, 0.25) is 0 Å². The predicted molar refractivity (Wildman–Crippen MR) is 128 cm³/mol. The Morgan fingerprint density at radius 3 is 2.74 bits per heavy atom. The van der Waals surface area contributed by atoms with Gasteiger partial charge < -0.3 is 15.7 Å². The first-order chi connectivity index (χ1) is 14.8. The minimum atomic E-state index is -3.42. The van der Waals surface area contributed by atoms with Crippen molar-refractivity contribution < 1.29 is 13.5 Å². The summed E-state index contributed by atoms with van der Waals surface area (Å²) in [5, 5.41) is 18.1. The third-order valence-corrected chi connectivity index (χ3v) is 8.82. The average molecular weight is 506 g/mol. The summed E-state index contributed by atoms with van der Waals surface area (Å²) in [6, 6.07) is 9.54. The summed E-state index contributed by atoms with van der Waals surface area (Å²) < 4.78 is 27.0. The van der Waals surface area contributed by atoms with Crippen LogP contribution >= 0.6 is 15.9 Å². The lowest BCUT2D eigenvalue weighted by Gasteiger charge is -2.56. The zero-order valence-electron chi connectivity index (χ0n) is 17.5. The molecule has 1 saturated heterocycles. The molecule has 2 aliphatic carbocycles. The SMILES string of the molecule is CS(=O)(=O)Nc1ccccc1Nc1c(O)cc2c(c1Br)C[C@@H]1NCC[C@]23CCCC[C@H]13. The van der Waals surface area contributed by atoms with Crippen LogP contribution in [0.3, 0.4) is 0 Å². The Balaban J connectivity index is 1.58. The number of aromatic hydroxyl groups is 1. The minimum Gasteiger partial charge on any atom is -0.506 e. The molecule has 2 aromatic rings. The Bertz CT molecular complexity index is 1130. The number of para-hydroxylation sites is 2. The largest absolute Gasteiger partial charge is 0.506 e. The van der Waals surface area contributed by atoms with E-state index in [2.05, 4.69) is 31.3 Å².